The number of nitrogens with zero attached hydrogens (tertiary/aromatic N) is 2. The average Bonchev–Trinajstić information content (AvgIpc) is 2.80. The van der Waals surface area contributed by atoms with Gasteiger partial charge in [0.15, 0.2) is 0 Å². The highest BCUT2D eigenvalue weighted by molar-refractivity contribution is 7.99. The van der Waals surface area contributed by atoms with Crippen LogP contribution in [-0.2, 0) is 6.54 Å². The standard InChI is InChI=1S/C10H11ClF3N3OS/c11-8-7(16-6-1-2-19-4-6)3-15-17(9(8)18)5-10(12,13)14/h3,6,16H,1-2,4-5H2. The van der Waals surface area contributed by atoms with Gasteiger partial charge in [-0.15, -0.1) is 0 Å². The predicted octanol–water partition coefficient (Wildman–Crippen LogP) is 2.38. The van der Waals surface area contributed by atoms with Crippen molar-refractivity contribution >= 4 is 29.1 Å². The number of nitrogens with one attached hydrogen (secondary N) is 1. The number of halogens is 4. The van der Waals surface area contributed by atoms with Crippen LogP contribution in [0.3, 0.4) is 0 Å². The quantitative estimate of drug-likeness (QED) is 0.930. The normalized spacial score (nSPS) is 19.7. The molecular weight excluding hydrogens is 303 g/mol. The van der Waals surface area contributed by atoms with E-state index in [0.29, 0.717) is 4.68 Å². The summed E-state index contributed by atoms with van der Waals surface area (Å²) >= 11 is 7.56. The molecule has 1 unspecified atom stereocenters. The van der Waals surface area contributed by atoms with Gasteiger partial charge in [0, 0.05) is 11.8 Å². The van der Waals surface area contributed by atoms with E-state index in [1.807, 2.05) is 0 Å². The van der Waals surface area contributed by atoms with Crippen LogP contribution in [0.15, 0.2) is 11.0 Å². The first-order chi connectivity index (χ1) is 8.87. The van der Waals surface area contributed by atoms with E-state index >= 15 is 0 Å². The van der Waals surface area contributed by atoms with Crippen LogP contribution in [0.2, 0.25) is 5.02 Å². The Bertz CT molecular complexity index is 514. The lowest BCUT2D eigenvalue weighted by Gasteiger charge is -2.15. The number of aromatic nitrogens is 2. The molecule has 2 heterocycles. The lowest BCUT2D eigenvalue weighted by atomic mass is 10.2. The van der Waals surface area contributed by atoms with Gasteiger partial charge in [-0.05, 0) is 12.2 Å². The molecule has 1 aromatic heterocycles. The molecular formula is C10H11ClF3N3OS. The molecule has 0 amide bonds. The Morgan fingerprint density at radius 2 is 2.32 bits per heavy atom. The fraction of sp³-hybridized carbons (Fsp3) is 0.600. The van der Waals surface area contributed by atoms with Crippen LogP contribution in [0, 0.1) is 0 Å². The summed E-state index contributed by atoms with van der Waals surface area (Å²) in [5.41, 5.74) is -0.646. The average molecular weight is 314 g/mol. The van der Waals surface area contributed by atoms with Crippen molar-refractivity contribution < 1.29 is 13.2 Å². The Morgan fingerprint density at radius 1 is 1.58 bits per heavy atom. The summed E-state index contributed by atoms with van der Waals surface area (Å²) in [7, 11) is 0. The summed E-state index contributed by atoms with van der Waals surface area (Å²) in [6, 6.07) is 0.169. The summed E-state index contributed by atoms with van der Waals surface area (Å²) in [6.45, 7) is -1.44. The molecule has 1 fully saturated rings. The monoisotopic (exact) mass is 313 g/mol. The van der Waals surface area contributed by atoms with Crippen molar-refractivity contribution in [2.45, 2.75) is 25.2 Å². The molecule has 1 aliphatic heterocycles. The zero-order valence-corrected chi connectivity index (χ0v) is 11.3. The molecule has 4 nitrogen and oxygen atoms in total. The number of hydrogen-bond acceptors (Lipinski definition) is 4. The minimum atomic E-state index is -4.50. The van der Waals surface area contributed by atoms with E-state index in [9.17, 15) is 18.0 Å². The van der Waals surface area contributed by atoms with Crippen molar-refractivity contribution in [2.75, 3.05) is 16.8 Å². The topological polar surface area (TPSA) is 46.9 Å². The predicted molar refractivity (Wildman–Crippen MR) is 68.9 cm³/mol. The van der Waals surface area contributed by atoms with Crippen molar-refractivity contribution in [3.05, 3.63) is 21.6 Å². The Balaban J connectivity index is 2.19. The van der Waals surface area contributed by atoms with E-state index in [2.05, 4.69) is 10.4 Å². The van der Waals surface area contributed by atoms with Gasteiger partial charge in [-0.3, -0.25) is 4.79 Å². The highest BCUT2D eigenvalue weighted by Gasteiger charge is 2.30. The van der Waals surface area contributed by atoms with E-state index in [-0.39, 0.29) is 16.8 Å². The van der Waals surface area contributed by atoms with Crippen LogP contribution in [0.5, 0.6) is 0 Å². The summed E-state index contributed by atoms with van der Waals surface area (Å²) in [5.74, 6) is 1.88. The van der Waals surface area contributed by atoms with Crippen LogP contribution in [0.4, 0.5) is 18.9 Å². The van der Waals surface area contributed by atoms with Gasteiger partial charge in [-0.2, -0.15) is 30.0 Å². The molecule has 0 spiro atoms. The Hall–Kier alpha value is -0.890. The number of anilines is 1. The minimum Gasteiger partial charge on any atom is -0.379 e. The first-order valence-electron chi connectivity index (χ1n) is 5.53. The largest absolute Gasteiger partial charge is 0.408 e. The van der Waals surface area contributed by atoms with Crippen molar-refractivity contribution in [3.8, 4) is 0 Å². The third-order valence-electron chi connectivity index (χ3n) is 2.60. The highest BCUT2D eigenvalue weighted by Crippen LogP contribution is 2.24. The molecule has 1 saturated heterocycles. The van der Waals surface area contributed by atoms with Gasteiger partial charge in [-0.25, -0.2) is 4.68 Å². The molecule has 106 valence electrons. The van der Waals surface area contributed by atoms with E-state index in [1.165, 1.54) is 6.20 Å². The first kappa shape index (κ1) is 14.5. The third kappa shape index (κ3) is 3.79. The maximum atomic E-state index is 12.2. The number of thioether (sulfide) groups is 1. The van der Waals surface area contributed by atoms with Crippen LogP contribution in [0.25, 0.3) is 0 Å². The second-order valence-corrected chi connectivity index (χ2v) is 5.68. The first-order valence-corrected chi connectivity index (χ1v) is 7.07. The SMILES string of the molecule is O=c1c(Cl)c(NC2CCSC2)cnn1CC(F)(F)F. The number of rotatable bonds is 3. The molecule has 19 heavy (non-hydrogen) atoms. The second-order valence-electron chi connectivity index (χ2n) is 4.16. The summed E-state index contributed by atoms with van der Waals surface area (Å²) < 4.78 is 37.0. The number of alkyl halides is 3. The maximum absolute atomic E-state index is 12.2. The molecule has 2 rings (SSSR count). The lowest BCUT2D eigenvalue weighted by molar-refractivity contribution is -0.143. The van der Waals surface area contributed by atoms with Gasteiger partial charge in [-0.1, -0.05) is 11.6 Å². The van der Waals surface area contributed by atoms with Gasteiger partial charge < -0.3 is 5.32 Å². The third-order valence-corrected chi connectivity index (χ3v) is 4.13. The van der Waals surface area contributed by atoms with E-state index < -0.39 is 18.3 Å². The zero-order chi connectivity index (χ0) is 14.0. The molecule has 0 bridgehead atoms. The van der Waals surface area contributed by atoms with Crippen LogP contribution < -0.4 is 10.9 Å². The Labute approximate surface area is 116 Å². The van der Waals surface area contributed by atoms with Gasteiger partial charge >= 0.3 is 6.18 Å². The minimum absolute atomic E-state index is 0.169. The molecule has 9 heteroatoms. The Kier molecular flexibility index (Phi) is 4.29. The second kappa shape index (κ2) is 5.62. The van der Waals surface area contributed by atoms with Crippen molar-refractivity contribution in [1.29, 1.82) is 0 Å². The van der Waals surface area contributed by atoms with Gasteiger partial charge in [0.05, 0.1) is 11.9 Å². The number of hydrogen-bond donors (Lipinski definition) is 1. The fourth-order valence-corrected chi connectivity index (χ4v) is 3.07. The molecule has 1 atom stereocenters. The van der Waals surface area contributed by atoms with Crippen LogP contribution in [0.1, 0.15) is 6.42 Å². The summed E-state index contributed by atoms with van der Waals surface area (Å²) in [5, 5.41) is 6.27. The molecule has 1 N–H and O–H groups in total. The van der Waals surface area contributed by atoms with Crippen LogP contribution >= 0.6 is 23.4 Å². The summed E-state index contributed by atoms with van der Waals surface area (Å²) in [6.07, 6.45) is -2.41. The van der Waals surface area contributed by atoms with Crippen molar-refractivity contribution in [3.63, 3.8) is 0 Å². The van der Waals surface area contributed by atoms with E-state index in [4.69, 9.17) is 11.6 Å². The van der Waals surface area contributed by atoms with Crippen molar-refractivity contribution in [1.82, 2.24) is 9.78 Å². The molecule has 0 aliphatic carbocycles. The fourth-order valence-electron chi connectivity index (χ4n) is 1.72. The van der Waals surface area contributed by atoms with E-state index in [0.717, 1.165) is 17.9 Å². The molecule has 1 aromatic rings. The Morgan fingerprint density at radius 3 is 2.89 bits per heavy atom. The van der Waals surface area contributed by atoms with Gasteiger partial charge in [0.2, 0.25) is 0 Å². The van der Waals surface area contributed by atoms with E-state index in [1.54, 1.807) is 11.8 Å². The smallest absolute Gasteiger partial charge is 0.379 e. The van der Waals surface area contributed by atoms with Crippen molar-refractivity contribution in [2.24, 2.45) is 0 Å². The van der Waals surface area contributed by atoms with Crippen LogP contribution in [-0.4, -0.2) is 33.5 Å². The van der Waals surface area contributed by atoms with Gasteiger partial charge in [0.1, 0.15) is 11.6 Å². The van der Waals surface area contributed by atoms with Gasteiger partial charge in [0.25, 0.3) is 5.56 Å². The highest BCUT2D eigenvalue weighted by atomic mass is 35.5. The molecule has 1 aliphatic rings. The molecule has 0 aromatic carbocycles. The molecule has 0 radical (unpaired) electrons. The zero-order valence-electron chi connectivity index (χ0n) is 9.71. The maximum Gasteiger partial charge on any atom is 0.408 e. The lowest BCUT2D eigenvalue weighted by Crippen LogP contribution is -2.31. The molecule has 0 saturated carbocycles. The summed E-state index contributed by atoms with van der Waals surface area (Å²) in [4.78, 5) is 11.7.